The number of carbonyl (C=O) groups is 1. The van der Waals surface area contributed by atoms with Crippen molar-refractivity contribution in [2.75, 3.05) is 26.2 Å². The number of aliphatic hydroxyl groups is 1. The normalized spacial score (nSPS) is 12.7. The molecule has 1 unspecified atom stereocenters. The van der Waals surface area contributed by atoms with Crippen molar-refractivity contribution in [3.05, 3.63) is 12.7 Å². The zero-order valence-electron chi connectivity index (χ0n) is 12.0. The lowest BCUT2D eigenvalue weighted by Crippen LogP contribution is -2.35. The van der Waals surface area contributed by atoms with Crippen molar-refractivity contribution < 1.29 is 9.90 Å². The molecule has 0 rings (SSSR count). The van der Waals surface area contributed by atoms with Gasteiger partial charge in [-0.05, 0) is 32.4 Å². The van der Waals surface area contributed by atoms with E-state index < -0.39 is 0 Å². The van der Waals surface area contributed by atoms with Crippen LogP contribution in [0.3, 0.4) is 0 Å². The van der Waals surface area contributed by atoms with E-state index in [1.807, 2.05) is 0 Å². The Balaban J connectivity index is 4.24. The van der Waals surface area contributed by atoms with Gasteiger partial charge in [-0.2, -0.15) is 0 Å². The Bertz CT molecular complexity index is 221. The summed E-state index contributed by atoms with van der Waals surface area (Å²) in [5.74, 6) is -0.127. The Morgan fingerprint density at radius 2 is 1.83 bits per heavy atom. The number of carbonyl (C=O) groups excluding carboxylic acids is 1. The average Bonchev–Trinajstić information content (AvgIpc) is 2.38. The first kappa shape index (κ1) is 17.3. The zero-order valence-corrected chi connectivity index (χ0v) is 12.0. The molecule has 0 bridgehead atoms. The van der Waals surface area contributed by atoms with Crippen LogP contribution in [0.2, 0.25) is 0 Å². The second-order valence-corrected chi connectivity index (χ2v) is 4.85. The van der Waals surface area contributed by atoms with Gasteiger partial charge in [-0.15, -0.1) is 6.58 Å². The second-order valence-electron chi connectivity index (χ2n) is 4.85. The van der Waals surface area contributed by atoms with Gasteiger partial charge >= 0.3 is 0 Å². The van der Waals surface area contributed by atoms with E-state index in [4.69, 9.17) is 0 Å². The summed E-state index contributed by atoms with van der Waals surface area (Å²) in [5.41, 5.74) is 0. The molecule has 106 valence electrons. The van der Waals surface area contributed by atoms with Crippen molar-refractivity contribution in [3.63, 3.8) is 0 Å². The number of unbranched alkanes of at least 4 members (excludes halogenated alkanes) is 2. The fourth-order valence-electron chi connectivity index (χ4n) is 1.89. The number of aliphatic hydroxyl groups excluding tert-OH is 1. The molecular formula is C15H29NO2. The molecule has 1 atom stereocenters. The van der Waals surface area contributed by atoms with Gasteiger partial charge in [0.15, 0.2) is 5.78 Å². The van der Waals surface area contributed by atoms with Crippen molar-refractivity contribution in [1.82, 2.24) is 4.90 Å². The Hall–Kier alpha value is -0.670. The molecule has 0 aromatic carbocycles. The number of rotatable bonds is 12. The van der Waals surface area contributed by atoms with Gasteiger partial charge in [0.05, 0.1) is 13.2 Å². The van der Waals surface area contributed by atoms with Gasteiger partial charge in [0.2, 0.25) is 0 Å². The summed E-state index contributed by atoms with van der Waals surface area (Å²) in [7, 11) is 0. The van der Waals surface area contributed by atoms with Gasteiger partial charge in [-0.3, -0.25) is 9.69 Å². The van der Waals surface area contributed by atoms with E-state index in [9.17, 15) is 9.90 Å². The van der Waals surface area contributed by atoms with Crippen LogP contribution < -0.4 is 0 Å². The maximum Gasteiger partial charge on any atom is 0.152 e. The highest BCUT2D eigenvalue weighted by Gasteiger charge is 2.18. The minimum atomic E-state index is -0.270. The fraction of sp³-hybridized carbons (Fsp3) is 0.800. The van der Waals surface area contributed by atoms with Crippen molar-refractivity contribution in [2.45, 2.75) is 46.0 Å². The molecule has 0 spiro atoms. The number of hydrogen-bond donors (Lipinski definition) is 1. The largest absolute Gasteiger partial charge is 0.396 e. The Morgan fingerprint density at radius 1 is 1.28 bits per heavy atom. The summed E-state index contributed by atoms with van der Waals surface area (Å²) in [6.45, 7) is 10.3. The van der Waals surface area contributed by atoms with Crippen LogP contribution in [0.1, 0.15) is 46.0 Å². The van der Waals surface area contributed by atoms with Gasteiger partial charge in [0.1, 0.15) is 0 Å². The lowest BCUT2D eigenvalue weighted by molar-refractivity contribution is -0.125. The van der Waals surface area contributed by atoms with Crippen LogP contribution in [0.15, 0.2) is 12.7 Å². The van der Waals surface area contributed by atoms with Gasteiger partial charge in [0, 0.05) is 5.92 Å². The Morgan fingerprint density at radius 3 is 2.22 bits per heavy atom. The van der Waals surface area contributed by atoms with Crippen LogP contribution in [0.5, 0.6) is 0 Å². The first-order valence-electron chi connectivity index (χ1n) is 7.16. The third-order valence-electron chi connectivity index (χ3n) is 3.16. The summed E-state index contributed by atoms with van der Waals surface area (Å²) in [6, 6.07) is 0. The third kappa shape index (κ3) is 7.62. The monoisotopic (exact) mass is 255 g/mol. The van der Waals surface area contributed by atoms with E-state index in [1.165, 1.54) is 0 Å². The summed E-state index contributed by atoms with van der Waals surface area (Å²) in [6.07, 6.45) is 6.83. The highest BCUT2D eigenvalue weighted by molar-refractivity contribution is 5.83. The van der Waals surface area contributed by atoms with E-state index in [2.05, 4.69) is 25.3 Å². The summed E-state index contributed by atoms with van der Waals surface area (Å²) in [4.78, 5) is 14.3. The highest BCUT2D eigenvalue weighted by Crippen LogP contribution is 2.07. The van der Waals surface area contributed by atoms with Gasteiger partial charge in [-0.1, -0.05) is 32.8 Å². The SMILES string of the molecule is C=CCC(CO)C(=O)CN(CCCC)CCCC. The molecule has 0 aromatic heterocycles. The first-order valence-corrected chi connectivity index (χ1v) is 7.16. The zero-order chi connectivity index (χ0) is 13.8. The molecule has 0 heterocycles. The second kappa shape index (κ2) is 11.4. The van der Waals surface area contributed by atoms with Crippen molar-refractivity contribution in [2.24, 2.45) is 5.92 Å². The molecule has 0 aromatic rings. The molecular weight excluding hydrogens is 226 g/mol. The molecule has 3 nitrogen and oxygen atoms in total. The molecule has 18 heavy (non-hydrogen) atoms. The number of Topliss-reactive ketones (excluding diaryl/α,β-unsaturated/α-hetero) is 1. The molecule has 1 N–H and O–H groups in total. The molecule has 0 aliphatic carbocycles. The van der Waals surface area contributed by atoms with Gasteiger partial charge < -0.3 is 5.11 Å². The smallest absolute Gasteiger partial charge is 0.152 e. The molecule has 0 saturated heterocycles. The molecule has 0 saturated carbocycles. The van der Waals surface area contributed by atoms with Crippen LogP contribution in [-0.4, -0.2) is 42.0 Å². The van der Waals surface area contributed by atoms with Crippen LogP contribution in [0.4, 0.5) is 0 Å². The van der Waals surface area contributed by atoms with Crippen LogP contribution in [0.25, 0.3) is 0 Å². The predicted molar refractivity (Wildman–Crippen MR) is 76.7 cm³/mol. The lowest BCUT2D eigenvalue weighted by Gasteiger charge is -2.23. The van der Waals surface area contributed by atoms with Crippen molar-refractivity contribution in [3.8, 4) is 0 Å². The van der Waals surface area contributed by atoms with Crippen molar-refractivity contribution in [1.29, 1.82) is 0 Å². The Labute approximate surface area is 112 Å². The number of ketones is 1. The minimum Gasteiger partial charge on any atom is -0.396 e. The molecule has 0 aliphatic rings. The van der Waals surface area contributed by atoms with Crippen LogP contribution >= 0.6 is 0 Å². The molecule has 0 aliphatic heterocycles. The fourth-order valence-corrected chi connectivity index (χ4v) is 1.89. The summed E-state index contributed by atoms with van der Waals surface area (Å²) < 4.78 is 0. The van der Waals surface area contributed by atoms with Crippen LogP contribution in [-0.2, 0) is 4.79 Å². The lowest BCUT2D eigenvalue weighted by atomic mass is 10.0. The number of allylic oxidation sites excluding steroid dienone is 1. The van der Waals surface area contributed by atoms with Crippen molar-refractivity contribution >= 4 is 5.78 Å². The minimum absolute atomic E-state index is 0.0692. The third-order valence-corrected chi connectivity index (χ3v) is 3.16. The quantitative estimate of drug-likeness (QED) is 0.545. The van der Waals surface area contributed by atoms with E-state index in [0.29, 0.717) is 13.0 Å². The molecule has 3 heteroatoms. The van der Waals surface area contributed by atoms with E-state index in [-0.39, 0.29) is 18.3 Å². The molecule has 0 radical (unpaired) electrons. The van der Waals surface area contributed by atoms with Crippen LogP contribution in [0, 0.1) is 5.92 Å². The average molecular weight is 255 g/mol. The Kier molecular flexibility index (Phi) is 11.0. The predicted octanol–water partition coefficient (Wildman–Crippen LogP) is 2.64. The number of nitrogens with zero attached hydrogens (tertiary/aromatic N) is 1. The maximum atomic E-state index is 12.1. The van der Waals surface area contributed by atoms with Gasteiger partial charge in [0.25, 0.3) is 0 Å². The summed E-state index contributed by atoms with van der Waals surface area (Å²) >= 11 is 0. The molecule has 0 amide bonds. The highest BCUT2D eigenvalue weighted by atomic mass is 16.3. The topological polar surface area (TPSA) is 40.5 Å². The van der Waals surface area contributed by atoms with Gasteiger partial charge in [-0.25, -0.2) is 0 Å². The van der Waals surface area contributed by atoms with E-state index in [1.54, 1.807) is 6.08 Å². The van der Waals surface area contributed by atoms with E-state index in [0.717, 1.165) is 38.8 Å². The number of hydrogen-bond acceptors (Lipinski definition) is 3. The molecule has 0 fully saturated rings. The summed E-state index contributed by atoms with van der Waals surface area (Å²) in [5, 5.41) is 9.21. The van der Waals surface area contributed by atoms with E-state index >= 15 is 0 Å². The maximum absolute atomic E-state index is 12.1. The standard InChI is InChI=1S/C15H29NO2/c1-4-7-10-16(11-8-5-2)12-15(18)14(13-17)9-6-3/h6,14,17H,3-5,7-13H2,1-2H3. The first-order chi connectivity index (χ1) is 8.69.